The van der Waals surface area contributed by atoms with Gasteiger partial charge in [0.2, 0.25) is 0 Å². The van der Waals surface area contributed by atoms with E-state index in [4.69, 9.17) is 33.9 Å². The highest BCUT2D eigenvalue weighted by Gasteiger charge is 2.18. The van der Waals surface area contributed by atoms with Gasteiger partial charge in [0.05, 0.1) is 21.9 Å². The highest BCUT2D eigenvalue weighted by molar-refractivity contribution is 6.44. The quantitative estimate of drug-likeness (QED) is 0.190. The number of anilines is 4. The van der Waals surface area contributed by atoms with Crippen LogP contribution in [0.5, 0.6) is 0 Å². The fraction of sp³-hybridized carbons (Fsp3) is 0.167. The first-order chi connectivity index (χ1) is 19.9. The summed E-state index contributed by atoms with van der Waals surface area (Å²) in [5.41, 5.74) is 13.0. The lowest BCUT2D eigenvalue weighted by Crippen LogP contribution is -2.49. The maximum absolute atomic E-state index is 12.5. The van der Waals surface area contributed by atoms with Gasteiger partial charge in [0, 0.05) is 54.4 Å². The van der Waals surface area contributed by atoms with Crippen LogP contribution in [0.1, 0.15) is 6.92 Å². The summed E-state index contributed by atoms with van der Waals surface area (Å²) in [6.07, 6.45) is 3.55. The largest absolute Gasteiger partial charge is 0.383 e. The maximum Gasteiger partial charge on any atom is 0.323 e. The van der Waals surface area contributed by atoms with Gasteiger partial charge in [-0.2, -0.15) is 9.61 Å². The molecule has 3 heterocycles. The third kappa shape index (κ3) is 5.52. The molecule has 9 nitrogen and oxygen atoms in total. The zero-order valence-corrected chi connectivity index (χ0v) is 23.7. The van der Waals surface area contributed by atoms with Gasteiger partial charge < -0.3 is 26.6 Å². The van der Waals surface area contributed by atoms with E-state index in [-0.39, 0.29) is 5.02 Å². The molecule has 1 aliphatic rings. The van der Waals surface area contributed by atoms with E-state index in [2.05, 4.69) is 57.1 Å². The van der Waals surface area contributed by atoms with Crippen LogP contribution in [0, 0.1) is 0 Å². The van der Waals surface area contributed by atoms with Gasteiger partial charge >= 0.3 is 6.03 Å². The molecular formula is C30H28Cl2N8O. The minimum absolute atomic E-state index is 0.279. The molecule has 0 saturated carbocycles. The maximum atomic E-state index is 12.5. The second-order valence-electron chi connectivity index (χ2n) is 9.96. The van der Waals surface area contributed by atoms with E-state index in [9.17, 15) is 4.79 Å². The number of hydrogen-bond acceptors (Lipinski definition) is 6. The number of fused-ring (bicyclic) bond motifs is 1. The van der Waals surface area contributed by atoms with E-state index in [0.717, 1.165) is 41.9 Å². The van der Waals surface area contributed by atoms with Crippen molar-refractivity contribution in [3.05, 3.63) is 89.2 Å². The number of nitrogens with one attached hydrogen (secondary N) is 3. The van der Waals surface area contributed by atoms with Crippen LogP contribution in [-0.4, -0.2) is 46.3 Å². The fourth-order valence-electron chi connectivity index (χ4n) is 5.01. The standard InChI is InChI=1S/C30H28Cl2N8O/c1-18-17-39(14-13-34-18)22-11-7-20(8-12-22)24-16-36-40-28(33)23(15-35-29(24)40)19-5-9-21(10-6-19)37-30(41)38-26-4-2-3-25(31)27(26)32/h2-12,15-16,18,34H,13-14,17,33H2,1H3,(H2,37,38,41). The molecule has 1 atom stereocenters. The molecule has 1 aliphatic heterocycles. The van der Waals surface area contributed by atoms with Crippen molar-refractivity contribution in [2.45, 2.75) is 13.0 Å². The number of piperazine rings is 1. The van der Waals surface area contributed by atoms with E-state index in [1.54, 1.807) is 47.2 Å². The Kier molecular flexibility index (Phi) is 7.40. The highest BCUT2D eigenvalue weighted by Crippen LogP contribution is 2.32. The van der Waals surface area contributed by atoms with Gasteiger partial charge in [-0.15, -0.1) is 0 Å². The van der Waals surface area contributed by atoms with Crippen LogP contribution in [0.25, 0.3) is 27.9 Å². The summed E-state index contributed by atoms with van der Waals surface area (Å²) in [6.45, 7) is 5.16. The molecular weight excluding hydrogens is 559 g/mol. The molecule has 6 rings (SSSR count). The summed E-state index contributed by atoms with van der Waals surface area (Å²) < 4.78 is 1.66. The van der Waals surface area contributed by atoms with Crippen LogP contribution in [0.4, 0.5) is 27.7 Å². The molecule has 5 N–H and O–H groups in total. The van der Waals surface area contributed by atoms with Crippen LogP contribution in [0.3, 0.4) is 0 Å². The molecule has 2 aromatic heterocycles. The molecule has 2 amide bonds. The summed E-state index contributed by atoms with van der Waals surface area (Å²) >= 11 is 12.2. The van der Waals surface area contributed by atoms with Crippen LogP contribution < -0.4 is 26.6 Å². The molecule has 0 radical (unpaired) electrons. The summed E-state index contributed by atoms with van der Waals surface area (Å²) in [6, 6.07) is 20.9. The fourth-order valence-corrected chi connectivity index (χ4v) is 5.36. The predicted octanol–water partition coefficient (Wildman–Crippen LogP) is 6.39. The lowest BCUT2D eigenvalue weighted by molar-refractivity contribution is 0.262. The molecule has 1 fully saturated rings. The van der Waals surface area contributed by atoms with Gasteiger partial charge in [-0.3, -0.25) is 0 Å². The number of benzene rings is 3. The molecule has 3 aromatic carbocycles. The minimum Gasteiger partial charge on any atom is -0.383 e. The Hall–Kier alpha value is -4.31. The van der Waals surface area contributed by atoms with Gasteiger partial charge in [0.25, 0.3) is 0 Å². The number of carbonyl (C=O) groups excluding carboxylic acids is 1. The first-order valence-corrected chi connectivity index (χ1v) is 14.0. The van der Waals surface area contributed by atoms with Crippen molar-refractivity contribution < 1.29 is 4.79 Å². The predicted molar refractivity (Wildman–Crippen MR) is 167 cm³/mol. The lowest BCUT2D eigenvalue weighted by Gasteiger charge is -2.33. The van der Waals surface area contributed by atoms with Crippen molar-refractivity contribution in [2.24, 2.45) is 0 Å². The third-order valence-corrected chi connectivity index (χ3v) is 7.95. The average molecular weight is 588 g/mol. The van der Waals surface area contributed by atoms with Gasteiger partial charge in [-0.25, -0.2) is 9.78 Å². The summed E-state index contributed by atoms with van der Waals surface area (Å²) in [4.78, 5) is 19.6. The number of nitrogens with two attached hydrogens (primary N) is 1. The SMILES string of the molecule is CC1CN(c2ccc(-c3cnn4c(N)c(-c5ccc(NC(=O)Nc6cccc(Cl)c6Cl)cc5)cnc34)cc2)CCN1. The van der Waals surface area contributed by atoms with E-state index < -0.39 is 6.03 Å². The smallest absolute Gasteiger partial charge is 0.323 e. The van der Waals surface area contributed by atoms with E-state index in [0.29, 0.717) is 33.9 Å². The Labute approximate surface area is 247 Å². The zero-order valence-electron chi connectivity index (χ0n) is 22.2. The van der Waals surface area contributed by atoms with Crippen molar-refractivity contribution in [3.8, 4) is 22.3 Å². The Balaban J connectivity index is 1.18. The third-order valence-electron chi connectivity index (χ3n) is 7.13. The molecule has 1 saturated heterocycles. The average Bonchev–Trinajstić information content (AvgIpc) is 3.41. The number of nitrogen functional groups attached to an aromatic ring is 1. The van der Waals surface area contributed by atoms with Crippen molar-refractivity contribution >= 4 is 57.8 Å². The Bertz CT molecular complexity index is 1720. The summed E-state index contributed by atoms with van der Waals surface area (Å²) in [5, 5.41) is 14.1. The summed E-state index contributed by atoms with van der Waals surface area (Å²) in [7, 11) is 0. The molecule has 0 aliphatic carbocycles. The first kappa shape index (κ1) is 26.9. The van der Waals surface area contributed by atoms with E-state index >= 15 is 0 Å². The second-order valence-corrected chi connectivity index (χ2v) is 10.7. The van der Waals surface area contributed by atoms with Gasteiger partial charge in [0.1, 0.15) is 5.82 Å². The zero-order chi connectivity index (χ0) is 28.5. The van der Waals surface area contributed by atoms with Crippen molar-refractivity contribution in [2.75, 3.05) is 40.9 Å². The second kappa shape index (κ2) is 11.3. The number of amides is 2. The lowest BCUT2D eigenvalue weighted by atomic mass is 10.1. The van der Waals surface area contributed by atoms with Crippen LogP contribution in [-0.2, 0) is 0 Å². The van der Waals surface area contributed by atoms with Crippen LogP contribution in [0.2, 0.25) is 10.0 Å². The Morgan fingerprint density at radius 1 is 0.976 bits per heavy atom. The first-order valence-electron chi connectivity index (χ1n) is 13.2. The Morgan fingerprint density at radius 3 is 2.46 bits per heavy atom. The Morgan fingerprint density at radius 2 is 1.71 bits per heavy atom. The van der Waals surface area contributed by atoms with E-state index in [1.807, 2.05) is 12.1 Å². The van der Waals surface area contributed by atoms with Crippen molar-refractivity contribution in [1.29, 1.82) is 0 Å². The van der Waals surface area contributed by atoms with Crippen LogP contribution in [0.15, 0.2) is 79.1 Å². The number of carbonyl (C=O) groups is 1. The van der Waals surface area contributed by atoms with Crippen LogP contribution >= 0.6 is 23.2 Å². The number of halogens is 2. The number of nitrogens with zero attached hydrogens (tertiary/aromatic N) is 4. The normalized spacial score (nSPS) is 15.2. The highest BCUT2D eigenvalue weighted by atomic mass is 35.5. The number of rotatable bonds is 5. The summed E-state index contributed by atoms with van der Waals surface area (Å²) in [5.74, 6) is 0.474. The molecule has 11 heteroatoms. The molecule has 41 heavy (non-hydrogen) atoms. The molecule has 208 valence electrons. The number of aromatic nitrogens is 3. The van der Waals surface area contributed by atoms with Gasteiger partial charge in [0.15, 0.2) is 5.65 Å². The number of hydrogen-bond donors (Lipinski definition) is 4. The van der Waals surface area contributed by atoms with E-state index in [1.165, 1.54) is 5.69 Å². The number of urea groups is 1. The molecule has 1 unspecified atom stereocenters. The monoisotopic (exact) mass is 586 g/mol. The van der Waals surface area contributed by atoms with Crippen molar-refractivity contribution in [3.63, 3.8) is 0 Å². The molecule has 0 spiro atoms. The molecule has 5 aromatic rings. The van der Waals surface area contributed by atoms with Gasteiger partial charge in [-0.1, -0.05) is 53.5 Å². The minimum atomic E-state index is -0.441. The van der Waals surface area contributed by atoms with Gasteiger partial charge in [-0.05, 0) is 54.4 Å². The van der Waals surface area contributed by atoms with Crippen molar-refractivity contribution in [1.82, 2.24) is 19.9 Å². The molecule has 0 bridgehead atoms. The topological polar surface area (TPSA) is 113 Å².